The Morgan fingerprint density at radius 1 is 1.27 bits per heavy atom. The predicted octanol–water partition coefficient (Wildman–Crippen LogP) is 4.03. The van der Waals surface area contributed by atoms with Crippen LogP contribution in [0, 0.1) is 11.7 Å². The number of piperidine rings is 1. The van der Waals surface area contributed by atoms with E-state index in [0.717, 1.165) is 25.1 Å². The Morgan fingerprint density at radius 3 is 2.58 bits per heavy atom. The maximum Gasteiger partial charge on any atom is 0.321 e. The summed E-state index contributed by atoms with van der Waals surface area (Å²) in [7, 11) is 0. The molecule has 2 saturated heterocycles. The number of likely N-dealkylation sites (tertiary alicyclic amines) is 1. The molecule has 2 fully saturated rings. The minimum Gasteiger partial charge on any atom is -0.327 e. The van der Waals surface area contributed by atoms with Gasteiger partial charge in [-0.15, -0.1) is 11.8 Å². The number of rotatable bonds is 2. The summed E-state index contributed by atoms with van der Waals surface area (Å²) in [6.07, 6.45) is 1.52. The van der Waals surface area contributed by atoms with E-state index in [2.05, 4.69) is 5.32 Å². The van der Waals surface area contributed by atoms with E-state index in [-0.39, 0.29) is 27.7 Å². The van der Waals surface area contributed by atoms with Gasteiger partial charge in [0, 0.05) is 37.0 Å². The van der Waals surface area contributed by atoms with Crippen molar-refractivity contribution in [1.29, 1.82) is 0 Å². The number of carbonyl (C=O) groups is 2. The third-order valence-corrected chi connectivity index (χ3v) is 6.78. The first kappa shape index (κ1) is 19.3. The van der Waals surface area contributed by atoms with Crippen molar-refractivity contribution in [1.82, 2.24) is 9.80 Å². The first-order chi connectivity index (χ1) is 12.3. The molecule has 0 atom stereocenters. The number of nitrogens with one attached hydrogen (secondary N) is 1. The summed E-state index contributed by atoms with van der Waals surface area (Å²) < 4.78 is 13.2. The first-order valence-electron chi connectivity index (χ1n) is 8.79. The fourth-order valence-electron chi connectivity index (χ4n) is 3.48. The van der Waals surface area contributed by atoms with E-state index < -0.39 is 5.82 Å². The Kier molecular flexibility index (Phi) is 5.67. The van der Waals surface area contributed by atoms with Crippen LogP contribution < -0.4 is 5.32 Å². The Labute approximate surface area is 162 Å². The lowest BCUT2D eigenvalue weighted by Gasteiger charge is -2.44. The molecule has 2 aliphatic rings. The second kappa shape index (κ2) is 7.64. The van der Waals surface area contributed by atoms with Crippen molar-refractivity contribution in [2.45, 2.75) is 31.6 Å². The molecule has 3 rings (SSSR count). The quantitative estimate of drug-likeness (QED) is 0.816. The molecule has 142 valence electrons. The normalized spacial score (nSPS) is 19.3. The van der Waals surface area contributed by atoms with E-state index in [4.69, 9.17) is 11.6 Å². The molecule has 0 unspecified atom stereocenters. The molecule has 8 heteroatoms. The highest BCUT2D eigenvalue weighted by molar-refractivity contribution is 8.00. The van der Waals surface area contributed by atoms with Gasteiger partial charge < -0.3 is 15.1 Å². The lowest BCUT2D eigenvalue weighted by Crippen LogP contribution is -2.55. The van der Waals surface area contributed by atoms with Crippen LogP contribution in [-0.4, -0.2) is 52.0 Å². The third kappa shape index (κ3) is 3.78. The number of hydrogen-bond acceptors (Lipinski definition) is 3. The minimum absolute atomic E-state index is 0.0184. The van der Waals surface area contributed by atoms with Crippen LogP contribution in [0.2, 0.25) is 5.02 Å². The molecule has 26 heavy (non-hydrogen) atoms. The van der Waals surface area contributed by atoms with Crippen molar-refractivity contribution in [3.8, 4) is 0 Å². The zero-order chi connectivity index (χ0) is 18.9. The van der Waals surface area contributed by atoms with Crippen molar-refractivity contribution in [3.05, 3.63) is 29.0 Å². The molecule has 1 aromatic carbocycles. The molecule has 5 nitrogen and oxygen atoms in total. The van der Waals surface area contributed by atoms with E-state index in [1.807, 2.05) is 30.5 Å². The SMILES string of the molecule is CC(C)C(=O)N1CCSC12CCN(C(=O)Nc1ccc(F)c(Cl)c1)CC2. The number of nitrogens with zero attached hydrogens (tertiary/aromatic N) is 2. The summed E-state index contributed by atoms with van der Waals surface area (Å²) in [5, 5.41) is 2.74. The monoisotopic (exact) mass is 399 g/mol. The summed E-state index contributed by atoms with van der Waals surface area (Å²) in [4.78, 5) is 28.6. The van der Waals surface area contributed by atoms with E-state index in [9.17, 15) is 14.0 Å². The summed E-state index contributed by atoms with van der Waals surface area (Å²) in [5.74, 6) is 0.598. The molecule has 2 aliphatic heterocycles. The van der Waals surface area contributed by atoms with Gasteiger partial charge in [0.05, 0.1) is 9.89 Å². The van der Waals surface area contributed by atoms with Gasteiger partial charge in [0.1, 0.15) is 5.82 Å². The molecular formula is C18H23ClFN3O2S. The zero-order valence-electron chi connectivity index (χ0n) is 14.9. The van der Waals surface area contributed by atoms with Crippen molar-refractivity contribution >= 4 is 41.0 Å². The van der Waals surface area contributed by atoms with Crippen LogP contribution in [0.1, 0.15) is 26.7 Å². The van der Waals surface area contributed by atoms with Crippen molar-refractivity contribution in [2.75, 3.05) is 30.7 Å². The first-order valence-corrected chi connectivity index (χ1v) is 10.2. The standard InChI is InChI=1S/C18H23ClFN3O2S/c1-12(2)16(24)23-9-10-26-18(23)5-7-22(8-6-18)17(25)21-13-3-4-15(20)14(19)11-13/h3-4,11-12H,5-10H2,1-2H3,(H,21,25). The van der Waals surface area contributed by atoms with E-state index in [0.29, 0.717) is 18.8 Å². The number of carbonyl (C=O) groups excluding carboxylic acids is 2. The fourth-order valence-corrected chi connectivity index (χ4v) is 5.12. The number of benzene rings is 1. The van der Waals surface area contributed by atoms with Crippen LogP contribution in [0.5, 0.6) is 0 Å². The summed E-state index contributed by atoms with van der Waals surface area (Å²) >= 11 is 7.58. The molecule has 1 N–H and O–H groups in total. The van der Waals surface area contributed by atoms with E-state index in [1.165, 1.54) is 18.2 Å². The zero-order valence-corrected chi connectivity index (χ0v) is 16.5. The molecule has 0 aliphatic carbocycles. The molecule has 3 amide bonds. The number of anilines is 1. The highest BCUT2D eigenvalue weighted by Gasteiger charge is 2.47. The maximum absolute atomic E-state index is 13.2. The largest absolute Gasteiger partial charge is 0.327 e. The number of urea groups is 1. The van der Waals surface area contributed by atoms with Gasteiger partial charge in [-0.2, -0.15) is 0 Å². The molecular weight excluding hydrogens is 377 g/mol. The molecule has 1 spiro atoms. The summed E-state index contributed by atoms with van der Waals surface area (Å²) in [6, 6.07) is 3.89. The van der Waals surface area contributed by atoms with Crippen molar-refractivity contribution in [3.63, 3.8) is 0 Å². The van der Waals surface area contributed by atoms with Crippen molar-refractivity contribution in [2.24, 2.45) is 5.92 Å². The Morgan fingerprint density at radius 2 is 1.96 bits per heavy atom. The predicted molar refractivity (Wildman–Crippen MR) is 103 cm³/mol. The number of thioether (sulfide) groups is 1. The lowest BCUT2D eigenvalue weighted by molar-refractivity contribution is -0.137. The van der Waals surface area contributed by atoms with Crippen molar-refractivity contribution < 1.29 is 14.0 Å². The lowest BCUT2D eigenvalue weighted by atomic mass is 10.0. The second-order valence-electron chi connectivity index (χ2n) is 6.99. The number of amides is 3. The van der Waals surface area contributed by atoms with Gasteiger partial charge in [-0.1, -0.05) is 25.4 Å². The Bertz CT molecular complexity index is 708. The Balaban J connectivity index is 1.61. The molecule has 1 aromatic rings. The maximum atomic E-state index is 13.2. The van der Waals surface area contributed by atoms with Gasteiger partial charge in [0.15, 0.2) is 0 Å². The van der Waals surface area contributed by atoms with E-state index in [1.54, 1.807) is 4.90 Å². The van der Waals surface area contributed by atoms with Gasteiger partial charge >= 0.3 is 6.03 Å². The van der Waals surface area contributed by atoms with Crippen LogP contribution in [-0.2, 0) is 4.79 Å². The van der Waals surface area contributed by atoms with E-state index >= 15 is 0 Å². The highest BCUT2D eigenvalue weighted by Crippen LogP contribution is 2.44. The van der Waals surface area contributed by atoms with Crippen LogP contribution in [0.4, 0.5) is 14.9 Å². The third-order valence-electron chi connectivity index (χ3n) is 4.94. The van der Waals surface area contributed by atoms with Gasteiger partial charge in [0.25, 0.3) is 0 Å². The second-order valence-corrected chi connectivity index (χ2v) is 8.85. The highest BCUT2D eigenvalue weighted by atomic mass is 35.5. The van der Waals surface area contributed by atoms with Gasteiger partial charge in [0.2, 0.25) is 5.91 Å². The summed E-state index contributed by atoms with van der Waals surface area (Å²) in [5.41, 5.74) is 0.466. The van der Waals surface area contributed by atoms with Gasteiger partial charge in [-0.05, 0) is 31.0 Å². The minimum atomic E-state index is -0.516. The fraction of sp³-hybridized carbons (Fsp3) is 0.556. The Hall–Kier alpha value is -1.47. The van der Waals surface area contributed by atoms with Crippen LogP contribution in [0.15, 0.2) is 18.2 Å². The number of halogens is 2. The average Bonchev–Trinajstić information content (AvgIpc) is 3.01. The summed E-state index contributed by atoms with van der Waals surface area (Å²) in [6.45, 7) is 5.79. The molecule has 0 aromatic heterocycles. The molecule has 0 saturated carbocycles. The van der Waals surface area contributed by atoms with Gasteiger partial charge in [-0.25, -0.2) is 9.18 Å². The van der Waals surface area contributed by atoms with Crippen LogP contribution in [0.3, 0.4) is 0 Å². The smallest absolute Gasteiger partial charge is 0.321 e. The number of hydrogen-bond donors (Lipinski definition) is 1. The van der Waals surface area contributed by atoms with Crippen LogP contribution in [0.25, 0.3) is 0 Å². The topological polar surface area (TPSA) is 52.7 Å². The molecule has 0 radical (unpaired) electrons. The molecule has 2 heterocycles. The van der Waals surface area contributed by atoms with Gasteiger partial charge in [-0.3, -0.25) is 4.79 Å². The average molecular weight is 400 g/mol. The molecule has 0 bridgehead atoms. The van der Waals surface area contributed by atoms with Crippen LogP contribution >= 0.6 is 23.4 Å².